The van der Waals surface area contributed by atoms with Crippen LogP contribution in [0, 0.1) is 0 Å². The Hall–Kier alpha value is -2.44. The molecule has 26 heavy (non-hydrogen) atoms. The Morgan fingerprint density at radius 2 is 1.62 bits per heavy atom. The molecule has 0 aliphatic rings. The average molecular weight is 417 g/mol. The maximum Gasteiger partial charge on any atom is 0.231 e. The van der Waals surface area contributed by atoms with Gasteiger partial charge >= 0.3 is 0 Å². The second-order valence-electron chi connectivity index (χ2n) is 5.81. The van der Waals surface area contributed by atoms with E-state index >= 15 is 0 Å². The SMILES string of the molecule is CN(CC=CCOc1ccc(C(=O)c2ccc(Br)cc2)cc1)CC(N)=O. The zero-order chi connectivity index (χ0) is 18.9. The Labute approximate surface area is 161 Å². The van der Waals surface area contributed by atoms with Crippen molar-refractivity contribution in [2.45, 2.75) is 0 Å². The molecule has 0 saturated heterocycles. The smallest absolute Gasteiger partial charge is 0.231 e. The molecule has 2 N–H and O–H groups in total. The number of ketones is 1. The molecule has 1 amide bonds. The third-order valence-electron chi connectivity index (χ3n) is 3.58. The number of amides is 1. The summed E-state index contributed by atoms with van der Waals surface area (Å²) in [5, 5.41) is 0. The number of carbonyl (C=O) groups excluding carboxylic acids is 2. The minimum Gasteiger partial charge on any atom is -0.490 e. The van der Waals surface area contributed by atoms with Gasteiger partial charge in [-0.05, 0) is 55.6 Å². The van der Waals surface area contributed by atoms with E-state index in [1.54, 1.807) is 41.3 Å². The van der Waals surface area contributed by atoms with Gasteiger partial charge in [-0.1, -0.05) is 28.1 Å². The molecule has 0 unspecified atom stereocenters. The largest absolute Gasteiger partial charge is 0.490 e. The molecule has 136 valence electrons. The zero-order valence-electron chi connectivity index (χ0n) is 14.5. The van der Waals surface area contributed by atoms with E-state index in [2.05, 4.69) is 15.9 Å². The first-order chi connectivity index (χ1) is 12.5. The van der Waals surface area contributed by atoms with Crippen molar-refractivity contribution in [2.24, 2.45) is 5.73 Å². The number of nitrogens with two attached hydrogens (primary N) is 1. The van der Waals surface area contributed by atoms with Crippen LogP contribution in [0.4, 0.5) is 0 Å². The van der Waals surface area contributed by atoms with Gasteiger partial charge in [0.15, 0.2) is 5.78 Å². The summed E-state index contributed by atoms with van der Waals surface area (Å²) < 4.78 is 6.55. The third kappa shape index (κ3) is 6.46. The van der Waals surface area contributed by atoms with Gasteiger partial charge in [-0.2, -0.15) is 0 Å². The van der Waals surface area contributed by atoms with Crippen molar-refractivity contribution in [1.82, 2.24) is 4.90 Å². The lowest BCUT2D eigenvalue weighted by molar-refractivity contribution is -0.118. The van der Waals surface area contributed by atoms with Gasteiger partial charge < -0.3 is 10.5 Å². The van der Waals surface area contributed by atoms with Crippen LogP contribution in [0.25, 0.3) is 0 Å². The number of ether oxygens (including phenoxy) is 1. The molecule has 0 bridgehead atoms. The second kappa shape index (κ2) is 9.89. The number of rotatable bonds is 9. The van der Waals surface area contributed by atoms with Crippen LogP contribution in [-0.2, 0) is 4.79 Å². The molecule has 2 aromatic carbocycles. The van der Waals surface area contributed by atoms with Crippen molar-refractivity contribution >= 4 is 27.6 Å². The lowest BCUT2D eigenvalue weighted by Gasteiger charge is -2.10. The predicted octanol–water partition coefficient (Wildman–Crippen LogP) is 3.03. The van der Waals surface area contributed by atoms with Crippen molar-refractivity contribution in [3.8, 4) is 5.75 Å². The summed E-state index contributed by atoms with van der Waals surface area (Å²) in [5.74, 6) is 0.309. The Balaban J connectivity index is 1.83. The van der Waals surface area contributed by atoms with Crippen LogP contribution in [0.1, 0.15) is 15.9 Å². The molecule has 0 aliphatic heterocycles. The van der Waals surface area contributed by atoms with Gasteiger partial charge in [0.25, 0.3) is 0 Å². The van der Waals surface area contributed by atoms with Crippen molar-refractivity contribution in [3.05, 3.63) is 76.3 Å². The maximum absolute atomic E-state index is 12.4. The Morgan fingerprint density at radius 1 is 1.04 bits per heavy atom. The highest BCUT2D eigenvalue weighted by Gasteiger charge is 2.08. The molecule has 2 aromatic rings. The lowest BCUT2D eigenvalue weighted by Crippen LogP contribution is -2.30. The molecule has 0 heterocycles. The number of benzene rings is 2. The molecule has 0 aliphatic carbocycles. The van der Waals surface area contributed by atoms with Crippen LogP contribution >= 0.6 is 15.9 Å². The van der Waals surface area contributed by atoms with E-state index in [-0.39, 0.29) is 18.2 Å². The topological polar surface area (TPSA) is 72.6 Å². The quantitative estimate of drug-likeness (QED) is 0.503. The maximum atomic E-state index is 12.4. The van der Waals surface area contributed by atoms with E-state index in [0.717, 1.165) is 4.47 Å². The van der Waals surface area contributed by atoms with E-state index in [9.17, 15) is 9.59 Å². The molecule has 0 radical (unpaired) electrons. The molecular weight excluding hydrogens is 396 g/mol. The first-order valence-electron chi connectivity index (χ1n) is 8.10. The molecule has 0 saturated carbocycles. The number of nitrogens with zero attached hydrogens (tertiary/aromatic N) is 1. The van der Waals surface area contributed by atoms with E-state index in [1.807, 2.05) is 31.3 Å². The van der Waals surface area contributed by atoms with Crippen molar-refractivity contribution in [2.75, 3.05) is 26.7 Å². The molecule has 2 rings (SSSR count). The Morgan fingerprint density at radius 3 is 2.19 bits per heavy atom. The zero-order valence-corrected chi connectivity index (χ0v) is 16.1. The van der Waals surface area contributed by atoms with Crippen molar-refractivity contribution < 1.29 is 14.3 Å². The molecule has 0 atom stereocenters. The fourth-order valence-electron chi connectivity index (χ4n) is 2.27. The van der Waals surface area contributed by atoms with Gasteiger partial charge in [-0.3, -0.25) is 14.5 Å². The molecule has 0 fully saturated rings. The number of primary amides is 1. The summed E-state index contributed by atoms with van der Waals surface area (Å²) in [4.78, 5) is 25.0. The van der Waals surface area contributed by atoms with Gasteiger partial charge in [0.2, 0.25) is 5.91 Å². The lowest BCUT2D eigenvalue weighted by atomic mass is 10.0. The second-order valence-corrected chi connectivity index (χ2v) is 6.72. The van der Waals surface area contributed by atoms with Gasteiger partial charge in [-0.15, -0.1) is 0 Å². The summed E-state index contributed by atoms with van der Waals surface area (Å²) in [6, 6.07) is 14.3. The van der Waals surface area contributed by atoms with Gasteiger partial charge in [0, 0.05) is 22.1 Å². The highest BCUT2D eigenvalue weighted by Crippen LogP contribution is 2.17. The number of hydrogen-bond acceptors (Lipinski definition) is 4. The van der Waals surface area contributed by atoms with E-state index in [1.165, 1.54) is 0 Å². The van der Waals surface area contributed by atoms with Crippen LogP contribution in [0.5, 0.6) is 5.75 Å². The van der Waals surface area contributed by atoms with Crippen molar-refractivity contribution in [1.29, 1.82) is 0 Å². The number of halogens is 1. The molecular formula is C20H21BrN2O3. The summed E-state index contributed by atoms with van der Waals surface area (Å²) in [7, 11) is 1.82. The molecule has 0 spiro atoms. The Bertz CT molecular complexity index is 771. The normalized spacial score (nSPS) is 11.0. The van der Waals surface area contributed by atoms with Crippen LogP contribution in [0.3, 0.4) is 0 Å². The first kappa shape index (κ1) is 19.9. The van der Waals surface area contributed by atoms with E-state index in [4.69, 9.17) is 10.5 Å². The first-order valence-corrected chi connectivity index (χ1v) is 8.90. The fourth-order valence-corrected chi connectivity index (χ4v) is 2.53. The Kier molecular flexibility index (Phi) is 7.56. The summed E-state index contributed by atoms with van der Waals surface area (Å²) in [6.45, 7) is 1.25. The molecule has 6 heteroatoms. The summed E-state index contributed by atoms with van der Waals surface area (Å²) in [5.41, 5.74) is 6.38. The van der Waals surface area contributed by atoms with E-state index in [0.29, 0.717) is 30.0 Å². The monoisotopic (exact) mass is 416 g/mol. The average Bonchev–Trinajstić information content (AvgIpc) is 2.61. The standard InChI is InChI=1S/C20H21BrN2O3/c1-23(14-19(22)24)12-2-3-13-26-18-10-6-16(7-11-18)20(25)15-4-8-17(21)9-5-15/h2-11H,12-14H2,1H3,(H2,22,24). The van der Waals surface area contributed by atoms with Crippen LogP contribution < -0.4 is 10.5 Å². The van der Waals surface area contributed by atoms with Gasteiger partial charge in [-0.25, -0.2) is 0 Å². The number of likely N-dealkylation sites (N-methyl/N-ethyl adjacent to an activating group) is 1. The highest BCUT2D eigenvalue weighted by atomic mass is 79.9. The summed E-state index contributed by atoms with van der Waals surface area (Å²) in [6.07, 6.45) is 3.78. The number of carbonyl (C=O) groups is 2. The number of hydrogen-bond donors (Lipinski definition) is 1. The fraction of sp³-hybridized carbons (Fsp3) is 0.200. The van der Waals surface area contributed by atoms with Crippen LogP contribution in [-0.4, -0.2) is 43.3 Å². The van der Waals surface area contributed by atoms with Crippen molar-refractivity contribution in [3.63, 3.8) is 0 Å². The summed E-state index contributed by atoms with van der Waals surface area (Å²) >= 11 is 3.36. The third-order valence-corrected chi connectivity index (χ3v) is 4.11. The van der Waals surface area contributed by atoms with Gasteiger partial charge in [0.1, 0.15) is 12.4 Å². The molecule has 5 nitrogen and oxygen atoms in total. The predicted molar refractivity (Wildman–Crippen MR) is 105 cm³/mol. The van der Waals surface area contributed by atoms with Crippen LogP contribution in [0.15, 0.2) is 65.2 Å². The minimum atomic E-state index is -0.352. The minimum absolute atomic E-state index is 0.0265. The molecule has 0 aromatic heterocycles. The van der Waals surface area contributed by atoms with E-state index < -0.39 is 0 Å². The highest BCUT2D eigenvalue weighted by molar-refractivity contribution is 9.10. The van der Waals surface area contributed by atoms with Gasteiger partial charge in [0.05, 0.1) is 6.54 Å². The van der Waals surface area contributed by atoms with Crippen LogP contribution in [0.2, 0.25) is 0 Å².